The van der Waals surface area contributed by atoms with Gasteiger partial charge in [0.1, 0.15) is 13.2 Å². The summed E-state index contributed by atoms with van der Waals surface area (Å²) in [5.41, 5.74) is -0.252. The second-order valence-electron chi connectivity index (χ2n) is 9.61. The monoisotopic (exact) mass is 442 g/mol. The van der Waals surface area contributed by atoms with Gasteiger partial charge in [-0.3, -0.25) is 9.59 Å². The first-order chi connectivity index (χ1) is 14.7. The molecule has 0 heterocycles. The molecule has 0 radical (unpaired) electrons. The van der Waals surface area contributed by atoms with E-state index in [9.17, 15) is 9.59 Å². The molecule has 0 bridgehead atoms. The highest BCUT2D eigenvalue weighted by Gasteiger charge is 2.21. The van der Waals surface area contributed by atoms with E-state index in [4.69, 9.17) is 9.47 Å². The minimum absolute atomic E-state index is 0.0166. The lowest BCUT2D eigenvalue weighted by atomic mass is 9.96. The van der Waals surface area contributed by atoms with Gasteiger partial charge in [0, 0.05) is 32.6 Å². The molecule has 6 nitrogen and oxygen atoms in total. The van der Waals surface area contributed by atoms with E-state index >= 15 is 0 Å². The van der Waals surface area contributed by atoms with E-state index in [2.05, 4.69) is 13.8 Å². The number of rotatable bonds is 20. The molecule has 184 valence electrons. The highest BCUT2D eigenvalue weighted by Crippen LogP contribution is 2.16. The number of amides is 2. The van der Waals surface area contributed by atoms with E-state index in [-0.39, 0.29) is 30.4 Å². The minimum Gasteiger partial charge on any atom is -0.371 e. The Kier molecular flexibility index (Phi) is 17.8. The van der Waals surface area contributed by atoms with Crippen LogP contribution < -0.4 is 0 Å². The van der Waals surface area contributed by atoms with E-state index in [1.54, 1.807) is 9.80 Å². The molecule has 0 aromatic heterocycles. The van der Waals surface area contributed by atoms with Crippen molar-refractivity contribution in [3.05, 3.63) is 0 Å². The van der Waals surface area contributed by atoms with Gasteiger partial charge in [0.25, 0.3) is 0 Å². The van der Waals surface area contributed by atoms with Crippen molar-refractivity contribution in [1.82, 2.24) is 9.80 Å². The SMILES string of the molecule is CCCCCCCN(C)C(=O)COCC(C)(C)COCC(=O)N(C)CCCCCCC. The summed E-state index contributed by atoms with van der Waals surface area (Å²) in [6.45, 7) is 11.0. The van der Waals surface area contributed by atoms with Gasteiger partial charge in [0.2, 0.25) is 11.8 Å². The molecular weight excluding hydrogens is 392 g/mol. The first-order valence-corrected chi connectivity index (χ1v) is 12.4. The van der Waals surface area contributed by atoms with Crippen LogP contribution in [0.3, 0.4) is 0 Å². The average Bonchev–Trinajstić information content (AvgIpc) is 2.72. The van der Waals surface area contributed by atoms with Crippen molar-refractivity contribution >= 4 is 11.8 Å². The Labute approximate surface area is 192 Å². The molecule has 0 fully saturated rings. The molecule has 0 spiro atoms. The Morgan fingerprint density at radius 2 is 1.00 bits per heavy atom. The van der Waals surface area contributed by atoms with E-state index in [1.165, 1.54) is 51.4 Å². The number of hydrogen-bond acceptors (Lipinski definition) is 4. The lowest BCUT2D eigenvalue weighted by Gasteiger charge is -2.25. The molecule has 0 aliphatic carbocycles. The Hall–Kier alpha value is -1.14. The summed E-state index contributed by atoms with van der Waals surface area (Å²) in [5, 5.41) is 0. The fraction of sp³-hybridized carbons (Fsp3) is 0.920. The number of carbonyl (C=O) groups excluding carboxylic acids is 2. The van der Waals surface area contributed by atoms with Crippen molar-refractivity contribution in [3.8, 4) is 0 Å². The molecule has 0 aliphatic heterocycles. The summed E-state index contributed by atoms with van der Waals surface area (Å²) in [4.78, 5) is 27.9. The zero-order chi connectivity index (χ0) is 23.5. The maximum Gasteiger partial charge on any atom is 0.248 e. The predicted molar refractivity (Wildman–Crippen MR) is 128 cm³/mol. The molecule has 0 saturated carbocycles. The van der Waals surface area contributed by atoms with Crippen molar-refractivity contribution in [2.75, 3.05) is 53.6 Å². The van der Waals surface area contributed by atoms with Gasteiger partial charge in [-0.15, -0.1) is 0 Å². The number of nitrogens with zero attached hydrogens (tertiary/aromatic N) is 2. The third-order valence-electron chi connectivity index (χ3n) is 5.48. The standard InChI is InChI=1S/C25H50N2O4/c1-7-9-11-13-15-17-26(5)23(28)19-30-21-25(3,4)22-31-20-24(29)27(6)18-16-14-12-10-8-2/h7-22H2,1-6H3. The zero-order valence-electron chi connectivity index (χ0n) is 21.3. The van der Waals surface area contributed by atoms with Crippen LogP contribution in [0.2, 0.25) is 0 Å². The van der Waals surface area contributed by atoms with E-state index in [0.29, 0.717) is 13.2 Å². The van der Waals surface area contributed by atoms with Crippen LogP contribution in [-0.2, 0) is 19.1 Å². The largest absolute Gasteiger partial charge is 0.371 e. The summed E-state index contributed by atoms with van der Waals surface area (Å²) in [5.74, 6) is 0.0332. The molecule has 0 unspecified atom stereocenters. The second kappa shape index (κ2) is 18.4. The van der Waals surface area contributed by atoms with Crippen LogP contribution in [0.1, 0.15) is 91.9 Å². The van der Waals surface area contributed by atoms with Crippen molar-refractivity contribution in [2.45, 2.75) is 91.9 Å². The van der Waals surface area contributed by atoms with Crippen molar-refractivity contribution in [3.63, 3.8) is 0 Å². The molecule has 2 amide bonds. The Balaban J connectivity index is 3.91. The van der Waals surface area contributed by atoms with Gasteiger partial charge in [-0.25, -0.2) is 0 Å². The van der Waals surface area contributed by atoms with Crippen molar-refractivity contribution < 1.29 is 19.1 Å². The number of carbonyl (C=O) groups is 2. The number of hydrogen-bond donors (Lipinski definition) is 0. The average molecular weight is 443 g/mol. The quantitative estimate of drug-likeness (QED) is 0.252. The molecular formula is C25H50N2O4. The van der Waals surface area contributed by atoms with Gasteiger partial charge < -0.3 is 19.3 Å². The van der Waals surface area contributed by atoms with E-state index < -0.39 is 0 Å². The van der Waals surface area contributed by atoms with Gasteiger partial charge in [0.05, 0.1) is 13.2 Å². The fourth-order valence-corrected chi connectivity index (χ4v) is 3.25. The van der Waals surface area contributed by atoms with E-state index in [0.717, 1.165) is 25.9 Å². The predicted octanol–water partition coefficient (Wildman–Crippen LogP) is 4.90. The highest BCUT2D eigenvalue weighted by molar-refractivity contribution is 5.77. The number of ether oxygens (including phenoxy) is 2. The van der Waals surface area contributed by atoms with Crippen molar-refractivity contribution in [1.29, 1.82) is 0 Å². The summed E-state index contributed by atoms with van der Waals surface area (Å²) >= 11 is 0. The lowest BCUT2D eigenvalue weighted by Crippen LogP contribution is -2.35. The topological polar surface area (TPSA) is 59.1 Å². The second-order valence-corrected chi connectivity index (χ2v) is 9.61. The van der Waals surface area contributed by atoms with Crippen LogP contribution in [0, 0.1) is 5.41 Å². The van der Waals surface area contributed by atoms with Gasteiger partial charge in [-0.05, 0) is 12.8 Å². The molecule has 6 heteroatoms. The lowest BCUT2D eigenvalue weighted by molar-refractivity contribution is -0.138. The van der Waals surface area contributed by atoms with Crippen LogP contribution in [0.25, 0.3) is 0 Å². The molecule has 0 N–H and O–H groups in total. The van der Waals surface area contributed by atoms with Gasteiger partial charge in [-0.1, -0.05) is 79.1 Å². The molecule has 0 saturated heterocycles. The maximum absolute atomic E-state index is 12.2. The minimum atomic E-state index is -0.252. The summed E-state index contributed by atoms with van der Waals surface area (Å²) in [6.07, 6.45) is 11.9. The zero-order valence-corrected chi connectivity index (χ0v) is 21.3. The van der Waals surface area contributed by atoms with Crippen LogP contribution >= 0.6 is 0 Å². The smallest absolute Gasteiger partial charge is 0.248 e. The third kappa shape index (κ3) is 17.1. The third-order valence-corrected chi connectivity index (χ3v) is 5.48. The van der Waals surface area contributed by atoms with Gasteiger partial charge in [0.15, 0.2) is 0 Å². The molecule has 31 heavy (non-hydrogen) atoms. The number of unbranched alkanes of at least 4 members (excludes halogenated alkanes) is 8. The highest BCUT2D eigenvalue weighted by atomic mass is 16.5. The van der Waals surface area contributed by atoms with Crippen LogP contribution in [0.15, 0.2) is 0 Å². The van der Waals surface area contributed by atoms with Gasteiger partial charge in [-0.2, -0.15) is 0 Å². The molecule has 0 rings (SSSR count). The molecule has 0 aromatic rings. The van der Waals surface area contributed by atoms with Crippen LogP contribution in [0.5, 0.6) is 0 Å². The summed E-state index contributed by atoms with van der Waals surface area (Å²) in [7, 11) is 3.68. The number of likely N-dealkylation sites (N-methyl/N-ethyl adjacent to an activating group) is 2. The normalized spacial score (nSPS) is 11.5. The summed E-state index contributed by atoms with van der Waals surface area (Å²) in [6, 6.07) is 0. The fourth-order valence-electron chi connectivity index (χ4n) is 3.25. The summed E-state index contributed by atoms with van der Waals surface area (Å²) < 4.78 is 11.3. The van der Waals surface area contributed by atoms with E-state index in [1.807, 2.05) is 27.9 Å². The molecule has 0 atom stereocenters. The Bertz CT molecular complexity index is 428. The molecule has 0 aromatic carbocycles. The maximum atomic E-state index is 12.2. The van der Waals surface area contributed by atoms with Crippen LogP contribution in [0.4, 0.5) is 0 Å². The Morgan fingerprint density at radius 1 is 0.645 bits per heavy atom. The van der Waals surface area contributed by atoms with Gasteiger partial charge >= 0.3 is 0 Å². The first kappa shape index (κ1) is 29.9. The van der Waals surface area contributed by atoms with Crippen molar-refractivity contribution in [2.24, 2.45) is 5.41 Å². The Morgan fingerprint density at radius 3 is 1.35 bits per heavy atom. The first-order valence-electron chi connectivity index (χ1n) is 12.4. The molecule has 0 aliphatic rings. The van der Waals surface area contributed by atoms with Crippen LogP contribution in [-0.4, -0.2) is 75.2 Å².